The zero-order valence-electron chi connectivity index (χ0n) is 10.6. The molecular weight excluding hydrogens is 174 g/mol. The fourth-order valence-electron chi connectivity index (χ4n) is 1.47. The summed E-state index contributed by atoms with van der Waals surface area (Å²) in [6.45, 7) is 12.1. The van der Waals surface area contributed by atoms with E-state index in [9.17, 15) is 0 Å². The molecule has 2 heteroatoms. The first kappa shape index (κ1) is 13.9. The smallest absolute Gasteiger partial charge is 0.0618 e. The van der Waals surface area contributed by atoms with Gasteiger partial charge in [-0.1, -0.05) is 34.1 Å². The van der Waals surface area contributed by atoms with Crippen molar-refractivity contribution in [1.82, 2.24) is 5.32 Å². The molecule has 0 aliphatic carbocycles. The third-order valence-electron chi connectivity index (χ3n) is 3.13. The lowest BCUT2D eigenvalue weighted by Crippen LogP contribution is -2.45. The Morgan fingerprint density at radius 2 is 1.71 bits per heavy atom. The third-order valence-corrected chi connectivity index (χ3v) is 3.13. The van der Waals surface area contributed by atoms with E-state index in [1.807, 2.05) is 0 Å². The van der Waals surface area contributed by atoms with E-state index >= 15 is 0 Å². The average Bonchev–Trinajstić information content (AvgIpc) is 2.15. The summed E-state index contributed by atoms with van der Waals surface area (Å²) in [4.78, 5) is 0. The van der Waals surface area contributed by atoms with E-state index in [-0.39, 0.29) is 0 Å². The second kappa shape index (κ2) is 7.24. The van der Waals surface area contributed by atoms with Gasteiger partial charge in [-0.3, -0.25) is 0 Å². The Morgan fingerprint density at radius 3 is 2.07 bits per heavy atom. The molecule has 0 heterocycles. The van der Waals surface area contributed by atoms with Crippen LogP contribution in [-0.4, -0.2) is 25.8 Å². The highest BCUT2D eigenvalue weighted by atomic mass is 16.5. The number of nitrogens with one attached hydrogen (secondary N) is 1. The highest BCUT2D eigenvalue weighted by molar-refractivity contribution is 4.76. The van der Waals surface area contributed by atoms with Crippen molar-refractivity contribution in [1.29, 1.82) is 0 Å². The van der Waals surface area contributed by atoms with Gasteiger partial charge in [-0.05, 0) is 18.8 Å². The maximum Gasteiger partial charge on any atom is 0.0618 e. The van der Waals surface area contributed by atoms with Crippen LogP contribution in [0, 0.1) is 11.8 Å². The van der Waals surface area contributed by atoms with Crippen LogP contribution >= 0.6 is 0 Å². The van der Waals surface area contributed by atoms with E-state index in [0.717, 1.165) is 12.5 Å². The standard InChI is InChI=1S/C12H27NO/c1-7-10(4)11(5)13-12(8-14-6)9(2)3/h9-13H,7-8H2,1-6H3. The van der Waals surface area contributed by atoms with Gasteiger partial charge in [-0.2, -0.15) is 0 Å². The van der Waals surface area contributed by atoms with Gasteiger partial charge in [0, 0.05) is 19.2 Å². The molecule has 2 nitrogen and oxygen atoms in total. The predicted molar refractivity (Wildman–Crippen MR) is 62.6 cm³/mol. The van der Waals surface area contributed by atoms with Crippen LogP contribution < -0.4 is 5.32 Å². The Kier molecular flexibility index (Phi) is 7.20. The molecule has 0 radical (unpaired) electrons. The molecule has 14 heavy (non-hydrogen) atoms. The fourth-order valence-corrected chi connectivity index (χ4v) is 1.47. The quantitative estimate of drug-likeness (QED) is 0.684. The minimum Gasteiger partial charge on any atom is -0.383 e. The van der Waals surface area contributed by atoms with Crippen molar-refractivity contribution in [2.75, 3.05) is 13.7 Å². The first-order chi connectivity index (χ1) is 6.52. The second-order valence-electron chi connectivity index (χ2n) is 4.65. The number of rotatable bonds is 7. The average molecular weight is 201 g/mol. The van der Waals surface area contributed by atoms with E-state index in [4.69, 9.17) is 4.74 Å². The maximum absolute atomic E-state index is 5.22. The van der Waals surface area contributed by atoms with E-state index in [0.29, 0.717) is 18.0 Å². The molecule has 3 unspecified atom stereocenters. The first-order valence-corrected chi connectivity index (χ1v) is 5.77. The summed E-state index contributed by atoms with van der Waals surface area (Å²) >= 11 is 0. The van der Waals surface area contributed by atoms with Crippen molar-refractivity contribution in [2.45, 2.75) is 53.1 Å². The molecule has 0 bridgehead atoms. The first-order valence-electron chi connectivity index (χ1n) is 5.77. The van der Waals surface area contributed by atoms with Crippen LogP contribution in [0.1, 0.15) is 41.0 Å². The summed E-state index contributed by atoms with van der Waals surface area (Å²) in [7, 11) is 1.77. The molecule has 0 aliphatic rings. The van der Waals surface area contributed by atoms with Crippen LogP contribution in [0.25, 0.3) is 0 Å². The van der Waals surface area contributed by atoms with Gasteiger partial charge in [0.05, 0.1) is 6.61 Å². The fraction of sp³-hybridized carbons (Fsp3) is 1.00. The van der Waals surface area contributed by atoms with Crippen LogP contribution in [0.2, 0.25) is 0 Å². The molecule has 0 fully saturated rings. The van der Waals surface area contributed by atoms with E-state index in [1.165, 1.54) is 6.42 Å². The Bertz CT molecular complexity index is 136. The predicted octanol–water partition coefficient (Wildman–Crippen LogP) is 2.68. The Morgan fingerprint density at radius 1 is 1.14 bits per heavy atom. The van der Waals surface area contributed by atoms with Gasteiger partial charge in [0.25, 0.3) is 0 Å². The largest absolute Gasteiger partial charge is 0.383 e. The van der Waals surface area contributed by atoms with Gasteiger partial charge in [0.1, 0.15) is 0 Å². The molecule has 0 spiro atoms. The zero-order valence-corrected chi connectivity index (χ0v) is 10.6. The van der Waals surface area contributed by atoms with Crippen molar-refractivity contribution < 1.29 is 4.74 Å². The molecule has 86 valence electrons. The Balaban J connectivity index is 4.01. The summed E-state index contributed by atoms with van der Waals surface area (Å²) in [5, 5.41) is 3.64. The van der Waals surface area contributed by atoms with Gasteiger partial charge in [0.2, 0.25) is 0 Å². The summed E-state index contributed by atoms with van der Waals surface area (Å²) in [5.41, 5.74) is 0. The third kappa shape index (κ3) is 4.97. The lowest BCUT2D eigenvalue weighted by atomic mass is 9.97. The Labute approximate surface area is 89.4 Å². The van der Waals surface area contributed by atoms with Gasteiger partial charge in [-0.15, -0.1) is 0 Å². The molecule has 0 aromatic carbocycles. The van der Waals surface area contributed by atoms with Crippen LogP contribution in [-0.2, 0) is 4.74 Å². The molecule has 0 saturated heterocycles. The normalized spacial score (nSPS) is 18.2. The van der Waals surface area contributed by atoms with Crippen LogP contribution in [0.15, 0.2) is 0 Å². The lowest BCUT2D eigenvalue weighted by Gasteiger charge is -2.28. The molecule has 0 saturated carbocycles. The monoisotopic (exact) mass is 201 g/mol. The number of hydrogen-bond donors (Lipinski definition) is 1. The van der Waals surface area contributed by atoms with Crippen LogP contribution in [0.4, 0.5) is 0 Å². The van der Waals surface area contributed by atoms with E-state index in [1.54, 1.807) is 7.11 Å². The van der Waals surface area contributed by atoms with Crippen molar-refractivity contribution in [3.63, 3.8) is 0 Å². The summed E-state index contributed by atoms with van der Waals surface area (Å²) in [6, 6.07) is 1.05. The minimum absolute atomic E-state index is 0.476. The molecule has 0 rings (SSSR count). The topological polar surface area (TPSA) is 21.3 Å². The molecule has 0 aromatic heterocycles. The van der Waals surface area contributed by atoms with Crippen molar-refractivity contribution in [3.05, 3.63) is 0 Å². The zero-order chi connectivity index (χ0) is 11.1. The molecule has 3 atom stereocenters. The summed E-state index contributed by atoms with van der Waals surface area (Å²) in [5.74, 6) is 1.36. The van der Waals surface area contributed by atoms with Gasteiger partial charge in [-0.25, -0.2) is 0 Å². The SMILES string of the molecule is CCC(C)C(C)NC(COC)C(C)C. The Hall–Kier alpha value is -0.0800. The van der Waals surface area contributed by atoms with Crippen molar-refractivity contribution in [2.24, 2.45) is 11.8 Å². The highest BCUT2D eigenvalue weighted by Crippen LogP contribution is 2.10. The van der Waals surface area contributed by atoms with E-state index < -0.39 is 0 Å². The minimum atomic E-state index is 0.476. The lowest BCUT2D eigenvalue weighted by molar-refractivity contribution is 0.135. The number of hydrogen-bond acceptors (Lipinski definition) is 2. The summed E-state index contributed by atoms with van der Waals surface area (Å²) in [6.07, 6.45) is 1.23. The molecule has 0 aromatic rings. The van der Waals surface area contributed by atoms with E-state index in [2.05, 4.69) is 39.9 Å². The molecular formula is C12H27NO. The molecule has 0 aliphatic heterocycles. The number of methoxy groups -OCH3 is 1. The van der Waals surface area contributed by atoms with Crippen LogP contribution in [0.5, 0.6) is 0 Å². The molecule has 1 N–H and O–H groups in total. The summed E-state index contributed by atoms with van der Waals surface area (Å²) < 4.78 is 5.22. The van der Waals surface area contributed by atoms with Crippen molar-refractivity contribution in [3.8, 4) is 0 Å². The van der Waals surface area contributed by atoms with Crippen molar-refractivity contribution >= 4 is 0 Å². The van der Waals surface area contributed by atoms with Gasteiger partial charge >= 0.3 is 0 Å². The van der Waals surface area contributed by atoms with Crippen LogP contribution in [0.3, 0.4) is 0 Å². The number of ether oxygens (including phenoxy) is 1. The van der Waals surface area contributed by atoms with Gasteiger partial charge < -0.3 is 10.1 Å². The second-order valence-corrected chi connectivity index (χ2v) is 4.65. The highest BCUT2D eigenvalue weighted by Gasteiger charge is 2.18. The maximum atomic E-state index is 5.22. The van der Waals surface area contributed by atoms with Gasteiger partial charge in [0.15, 0.2) is 0 Å². The molecule has 0 amide bonds.